The fourth-order valence-electron chi connectivity index (χ4n) is 3.20. The number of nitrogens with zero attached hydrogens (tertiary/aromatic N) is 1. The smallest absolute Gasteiger partial charge is 0.314 e. The zero-order valence-electron chi connectivity index (χ0n) is 14.7. The molecule has 0 radical (unpaired) electrons. The van der Waals surface area contributed by atoms with Crippen molar-refractivity contribution in [2.45, 2.75) is 18.7 Å². The van der Waals surface area contributed by atoms with Gasteiger partial charge in [-0.3, -0.25) is 13.9 Å². The normalized spacial score (nSPS) is 14.1. The van der Waals surface area contributed by atoms with Gasteiger partial charge in [0.05, 0.1) is 28.2 Å². The molecule has 1 aromatic heterocycles. The molecule has 0 spiro atoms. The average molecular weight is 387 g/mol. The van der Waals surface area contributed by atoms with Crippen LogP contribution in [0.5, 0.6) is 5.75 Å². The van der Waals surface area contributed by atoms with Gasteiger partial charge < -0.3 is 14.7 Å². The number of fused-ring (bicyclic) bond motifs is 2. The summed E-state index contributed by atoms with van der Waals surface area (Å²) in [7, 11) is -3.90. The number of aromatic amines is 2. The number of H-pyrrole nitrogens is 2. The van der Waals surface area contributed by atoms with Crippen molar-refractivity contribution in [3.63, 3.8) is 0 Å². The first kappa shape index (κ1) is 17.3. The van der Waals surface area contributed by atoms with Crippen LogP contribution < -0.4 is 20.2 Å². The summed E-state index contributed by atoms with van der Waals surface area (Å²) in [6.45, 7) is 3.94. The van der Waals surface area contributed by atoms with Crippen LogP contribution in [0.1, 0.15) is 11.1 Å². The van der Waals surface area contributed by atoms with Crippen LogP contribution >= 0.6 is 0 Å². The highest BCUT2D eigenvalue weighted by molar-refractivity contribution is 7.93. The van der Waals surface area contributed by atoms with Crippen LogP contribution in [0.15, 0.2) is 44.8 Å². The van der Waals surface area contributed by atoms with E-state index in [1.165, 1.54) is 16.4 Å². The fraction of sp³-hybridized carbons (Fsp3) is 0.222. The molecule has 0 unspecified atom stereocenters. The molecule has 140 valence electrons. The minimum atomic E-state index is -3.90. The van der Waals surface area contributed by atoms with E-state index < -0.39 is 21.1 Å². The number of anilines is 1. The topological polar surface area (TPSA) is 112 Å². The molecule has 0 amide bonds. The first-order valence-corrected chi connectivity index (χ1v) is 9.74. The van der Waals surface area contributed by atoms with Crippen LogP contribution in [-0.2, 0) is 10.0 Å². The van der Waals surface area contributed by atoms with Gasteiger partial charge in [-0.1, -0.05) is 6.07 Å². The van der Waals surface area contributed by atoms with Crippen LogP contribution in [0.2, 0.25) is 0 Å². The zero-order chi connectivity index (χ0) is 19.3. The number of benzene rings is 2. The number of nitrogens with one attached hydrogen (secondary N) is 2. The van der Waals surface area contributed by atoms with E-state index in [1.54, 1.807) is 19.1 Å². The number of ether oxygens (including phenoxy) is 1. The summed E-state index contributed by atoms with van der Waals surface area (Å²) in [5.41, 5.74) is 0.867. The van der Waals surface area contributed by atoms with E-state index in [1.807, 2.05) is 13.0 Å². The molecule has 27 heavy (non-hydrogen) atoms. The maximum Gasteiger partial charge on any atom is 0.314 e. The van der Waals surface area contributed by atoms with Gasteiger partial charge in [0.25, 0.3) is 10.0 Å². The molecule has 1 aliphatic rings. The molecule has 2 N–H and O–H groups in total. The van der Waals surface area contributed by atoms with Crippen molar-refractivity contribution in [1.29, 1.82) is 0 Å². The highest BCUT2D eigenvalue weighted by atomic mass is 32.2. The number of sulfonamides is 1. The summed E-state index contributed by atoms with van der Waals surface area (Å²) in [6.07, 6.45) is 0. The van der Waals surface area contributed by atoms with E-state index >= 15 is 0 Å². The number of rotatable bonds is 2. The maximum absolute atomic E-state index is 13.4. The van der Waals surface area contributed by atoms with Gasteiger partial charge in [-0.2, -0.15) is 0 Å². The lowest BCUT2D eigenvalue weighted by Gasteiger charge is -2.31. The third-order valence-electron chi connectivity index (χ3n) is 4.52. The summed E-state index contributed by atoms with van der Waals surface area (Å²) in [6, 6.07) is 8.29. The van der Waals surface area contributed by atoms with Crippen molar-refractivity contribution in [3.05, 3.63) is 62.2 Å². The first-order chi connectivity index (χ1) is 12.8. The molecule has 4 rings (SSSR count). The van der Waals surface area contributed by atoms with Crippen LogP contribution in [0.4, 0.5) is 5.69 Å². The monoisotopic (exact) mass is 387 g/mol. The Morgan fingerprint density at radius 1 is 1.00 bits per heavy atom. The molecule has 2 heterocycles. The van der Waals surface area contributed by atoms with E-state index in [4.69, 9.17) is 4.74 Å². The first-order valence-electron chi connectivity index (χ1n) is 8.30. The Morgan fingerprint density at radius 3 is 2.37 bits per heavy atom. The van der Waals surface area contributed by atoms with E-state index in [0.29, 0.717) is 22.5 Å². The lowest BCUT2D eigenvalue weighted by molar-refractivity contribution is 0.315. The van der Waals surface area contributed by atoms with Crippen molar-refractivity contribution < 1.29 is 13.2 Å². The molecule has 0 aliphatic carbocycles. The second-order valence-electron chi connectivity index (χ2n) is 6.47. The predicted molar refractivity (Wildman–Crippen MR) is 101 cm³/mol. The van der Waals surface area contributed by atoms with Gasteiger partial charge in [-0.25, -0.2) is 8.42 Å². The highest BCUT2D eigenvalue weighted by Crippen LogP contribution is 2.36. The fourth-order valence-corrected chi connectivity index (χ4v) is 4.89. The Hall–Kier alpha value is -3.07. The summed E-state index contributed by atoms with van der Waals surface area (Å²) >= 11 is 0. The van der Waals surface area contributed by atoms with Gasteiger partial charge in [0.1, 0.15) is 12.4 Å². The molecule has 0 fully saturated rings. The van der Waals surface area contributed by atoms with Crippen LogP contribution in [0, 0.1) is 13.8 Å². The summed E-state index contributed by atoms with van der Waals surface area (Å²) in [5.74, 6) is 0.506. The molecule has 0 atom stereocenters. The molecule has 9 heteroatoms. The van der Waals surface area contributed by atoms with Crippen molar-refractivity contribution in [2.24, 2.45) is 0 Å². The van der Waals surface area contributed by atoms with Crippen LogP contribution in [0.25, 0.3) is 11.0 Å². The number of aryl methyl sites for hydroxylation is 2. The molecule has 0 saturated heterocycles. The molecule has 0 saturated carbocycles. The van der Waals surface area contributed by atoms with E-state index in [-0.39, 0.29) is 23.6 Å². The van der Waals surface area contributed by atoms with Crippen molar-refractivity contribution in [3.8, 4) is 5.75 Å². The Morgan fingerprint density at radius 2 is 1.67 bits per heavy atom. The van der Waals surface area contributed by atoms with Gasteiger partial charge in [-0.05, 0) is 49.2 Å². The van der Waals surface area contributed by atoms with Gasteiger partial charge in [-0.15, -0.1) is 0 Å². The van der Waals surface area contributed by atoms with Crippen LogP contribution in [-0.4, -0.2) is 31.5 Å². The highest BCUT2D eigenvalue weighted by Gasteiger charge is 2.31. The van der Waals surface area contributed by atoms with E-state index in [2.05, 4.69) is 9.97 Å². The van der Waals surface area contributed by atoms with Gasteiger partial charge in [0, 0.05) is 0 Å². The molecule has 1 aliphatic heterocycles. The van der Waals surface area contributed by atoms with Gasteiger partial charge in [0.2, 0.25) is 0 Å². The van der Waals surface area contributed by atoms with E-state index in [0.717, 1.165) is 5.56 Å². The molecule has 0 bridgehead atoms. The summed E-state index contributed by atoms with van der Waals surface area (Å²) in [4.78, 5) is 28.0. The second kappa shape index (κ2) is 5.98. The van der Waals surface area contributed by atoms with Crippen molar-refractivity contribution >= 4 is 26.7 Å². The summed E-state index contributed by atoms with van der Waals surface area (Å²) in [5, 5.41) is 0. The largest absolute Gasteiger partial charge is 0.489 e. The third kappa shape index (κ3) is 2.80. The molecule has 3 aromatic rings. The second-order valence-corrected chi connectivity index (χ2v) is 8.30. The van der Waals surface area contributed by atoms with Crippen molar-refractivity contribution in [2.75, 3.05) is 17.5 Å². The molecular formula is C18H17N3O5S. The Bertz CT molecular complexity index is 1290. The Balaban J connectivity index is 1.92. The van der Waals surface area contributed by atoms with Gasteiger partial charge >= 0.3 is 11.1 Å². The Kier molecular flexibility index (Phi) is 3.84. The minimum absolute atomic E-state index is 0.0621. The standard InChI is InChI=1S/C18H17N3O5S/c1-10-3-4-15-14(7-10)21(5-6-26-15)27(24,25)16-9-13-12(8-11(16)2)19-17(22)18(23)20-13/h3-4,7-9H,5-6H2,1-2H3,(H,19,22)(H,20,23). The molecule has 2 aromatic carbocycles. The molecular weight excluding hydrogens is 370 g/mol. The molecule has 8 nitrogen and oxygen atoms in total. The van der Waals surface area contributed by atoms with Gasteiger partial charge in [0.15, 0.2) is 0 Å². The zero-order valence-corrected chi connectivity index (χ0v) is 15.5. The summed E-state index contributed by atoms with van der Waals surface area (Å²) < 4.78 is 33.7. The number of aromatic nitrogens is 2. The predicted octanol–water partition coefficient (Wildman–Crippen LogP) is 1.42. The number of hydrogen-bond acceptors (Lipinski definition) is 5. The van der Waals surface area contributed by atoms with E-state index in [9.17, 15) is 18.0 Å². The van der Waals surface area contributed by atoms with Crippen LogP contribution in [0.3, 0.4) is 0 Å². The average Bonchev–Trinajstić information content (AvgIpc) is 2.62. The lowest BCUT2D eigenvalue weighted by Crippen LogP contribution is -2.38. The Labute approximate surface area is 154 Å². The lowest BCUT2D eigenvalue weighted by atomic mass is 10.2. The minimum Gasteiger partial charge on any atom is -0.489 e. The van der Waals surface area contributed by atoms with Crippen molar-refractivity contribution in [1.82, 2.24) is 9.97 Å². The number of hydrogen-bond donors (Lipinski definition) is 2. The third-order valence-corrected chi connectivity index (χ3v) is 6.48. The maximum atomic E-state index is 13.4. The SMILES string of the molecule is Cc1ccc2c(c1)N(S(=O)(=O)c1cc3[nH]c(=O)c(=O)[nH]c3cc1C)CCO2. The quantitative estimate of drug-likeness (QED) is 0.646.